The van der Waals surface area contributed by atoms with Crippen molar-refractivity contribution in [2.24, 2.45) is 0 Å². The molecule has 106 valence electrons. The second-order valence-electron chi connectivity index (χ2n) is 5.63. The van der Waals surface area contributed by atoms with E-state index in [0.29, 0.717) is 5.92 Å². The third kappa shape index (κ3) is 3.07. The predicted octanol–water partition coefficient (Wildman–Crippen LogP) is 6.15. The van der Waals surface area contributed by atoms with Crippen LogP contribution in [0.4, 0.5) is 0 Å². The van der Waals surface area contributed by atoms with Crippen LogP contribution in [0.5, 0.6) is 0 Å². The van der Waals surface area contributed by atoms with E-state index in [1.54, 1.807) is 0 Å². The Kier molecular flexibility index (Phi) is 4.88. The summed E-state index contributed by atoms with van der Waals surface area (Å²) in [5, 5.41) is -0.0686. The van der Waals surface area contributed by atoms with E-state index >= 15 is 0 Å². The van der Waals surface area contributed by atoms with Crippen LogP contribution in [-0.2, 0) is 0 Å². The lowest BCUT2D eigenvalue weighted by Crippen LogP contribution is -1.99. The Hall–Kier alpha value is -1.27. The Morgan fingerprint density at radius 2 is 1.55 bits per heavy atom. The van der Waals surface area contributed by atoms with E-state index in [9.17, 15) is 0 Å². The maximum Gasteiger partial charge on any atom is 0.0838 e. The van der Waals surface area contributed by atoms with Crippen LogP contribution in [0.3, 0.4) is 0 Å². The molecule has 2 aromatic carbocycles. The Labute approximate surface area is 127 Å². The molecule has 0 aromatic heterocycles. The maximum absolute atomic E-state index is 6.67. The molecule has 0 amide bonds. The molecule has 20 heavy (non-hydrogen) atoms. The molecule has 0 radical (unpaired) electrons. The van der Waals surface area contributed by atoms with E-state index in [-0.39, 0.29) is 5.38 Å². The Morgan fingerprint density at radius 3 is 2.15 bits per heavy atom. The molecule has 2 rings (SSSR count). The summed E-state index contributed by atoms with van der Waals surface area (Å²) in [4.78, 5) is 0. The highest BCUT2D eigenvalue weighted by Gasteiger charge is 2.14. The summed E-state index contributed by atoms with van der Waals surface area (Å²) in [5.41, 5.74) is 6.36. The summed E-state index contributed by atoms with van der Waals surface area (Å²) >= 11 is 6.67. The van der Waals surface area contributed by atoms with Crippen molar-refractivity contribution in [2.75, 3.05) is 0 Å². The van der Waals surface area contributed by atoms with Crippen LogP contribution in [0.15, 0.2) is 42.5 Å². The molecule has 0 saturated carbocycles. The lowest BCUT2D eigenvalue weighted by Gasteiger charge is -2.16. The van der Waals surface area contributed by atoms with Crippen LogP contribution in [0.2, 0.25) is 0 Å². The van der Waals surface area contributed by atoms with Crippen LogP contribution in [0.1, 0.15) is 59.4 Å². The number of hydrogen-bond donors (Lipinski definition) is 0. The van der Waals surface area contributed by atoms with Crippen LogP contribution in [-0.4, -0.2) is 0 Å². The number of hydrogen-bond acceptors (Lipinski definition) is 0. The standard InChI is InChI=1S/C19H23Cl/c1-5-13(2)16-9-11-17(12-10-16)19(20)18-8-6-7-14(3)15(18)4/h6-13,19H,5H2,1-4H3. The molecule has 2 atom stereocenters. The highest BCUT2D eigenvalue weighted by Crippen LogP contribution is 2.32. The maximum atomic E-state index is 6.67. The molecule has 0 N–H and O–H groups in total. The quantitative estimate of drug-likeness (QED) is 0.592. The lowest BCUT2D eigenvalue weighted by molar-refractivity contribution is 0.733. The second-order valence-corrected chi connectivity index (χ2v) is 6.06. The molecule has 2 unspecified atom stereocenters. The van der Waals surface area contributed by atoms with Gasteiger partial charge in [0.15, 0.2) is 0 Å². The van der Waals surface area contributed by atoms with E-state index in [4.69, 9.17) is 11.6 Å². The molecule has 0 bridgehead atoms. The predicted molar refractivity (Wildman–Crippen MR) is 88.8 cm³/mol. The smallest absolute Gasteiger partial charge is 0.0838 e. The Balaban J connectivity index is 2.29. The number of aryl methyl sites for hydroxylation is 1. The summed E-state index contributed by atoms with van der Waals surface area (Å²) < 4.78 is 0. The van der Waals surface area contributed by atoms with Gasteiger partial charge in [0.05, 0.1) is 5.38 Å². The molecule has 0 aliphatic rings. The van der Waals surface area contributed by atoms with Crippen molar-refractivity contribution in [3.05, 3.63) is 70.3 Å². The average Bonchev–Trinajstić information content (AvgIpc) is 2.48. The van der Waals surface area contributed by atoms with Gasteiger partial charge in [0.25, 0.3) is 0 Å². The van der Waals surface area contributed by atoms with E-state index in [1.165, 1.54) is 34.2 Å². The minimum atomic E-state index is -0.0686. The van der Waals surface area contributed by atoms with Crippen LogP contribution < -0.4 is 0 Å². The zero-order valence-electron chi connectivity index (χ0n) is 12.8. The van der Waals surface area contributed by atoms with Gasteiger partial charge in [-0.3, -0.25) is 0 Å². The third-order valence-electron chi connectivity index (χ3n) is 4.33. The van der Waals surface area contributed by atoms with Crippen LogP contribution >= 0.6 is 11.6 Å². The fraction of sp³-hybridized carbons (Fsp3) is 0.368. The first-order chi connectivity index (χ1) is 9.54. The summed E-state index contributed by atoms with van der Waals surface area (Å²) in [5.74, 6) is 0.610. The number of rotatable bonds is 4. The van der Waals surface area contributed by atoms with Gasteiger partial charge >= 0.3 is 0 Å². The van der Waals surface area contributed by atoms with Crippen molar-refractivity contribution >= 4 is 11.6 Å². The molecule has 2 aromatic rings. The Morgan fingerprint density at radius 1 is 0.950 bits per heavy atom. The minimum Gasteiger partial charge on any atom is -0.113 e. The van der Waals surface area contributed by atoms with Gasteiger partial charge in [-0.1, -0.05) is 56.3 Å². The van der Waals surface area contributed by atoms with Gasteiger partial charge in [-0.05, 0) is 54.0 Å². The number of halogens is 1. The molecule has 0 heterocycles. The zero-order valence-corrected chi connectivity index (χ0v) is 13.5. The molecule has 0 aliphatic carbocycles. The van der Waals surface area contributed by atoms with Gasteiger partial charge in [-0.2, -0.15) is 0 Å². The summed E-state index contributed by atoms with van der Waals surface area (Å²) in [6.07, 6.45) is 1.17. The van der Waals surface area contributed by atoms with Crippen molar-refractivity contribution in [3.8, 4) is 0 Å². The number of alkyl halides is 1. The average molecular weight is 287 g/mol. The molecule has 0 fully saturated rings. The molecular formula is C19H23Cl. The van der Waals surface area contributed by atoms with Crippen molar-refractivity contribution in [3.63, 3.8) is 0 Å². The molecular weight excluding hydrogens is 264 g/mol. The lowest BCUT2D eigenvalue weighted by atomic mass is 9.94. The van der Waals surface area contributed by atoms with Gasteiger partial charge in [-0.15, -0.1) is 11.6 Å². The summed E-state index contributed by atoms with van der Waals surface area (Å²) in [7, 11) is 0. The second kappa shape index (κ2) is 6.45. The van der Waals surface area contributed by atoms with Crippen LogP contribution in [0.25, 0.3) is 0 Å². The van der Waals surface area contributed by atoms with Gasteiger partial charge in [0, 0.05) is 0 Å². The first-order valence-corrected chi connectivity index (χ1v) is 7.78. The van der Waals surface area contributed by atoms with Gasteiger partial charge in [-0.25, -0.2) is 0 Å². The van der Waals surface area contributed by atoms with E-state index in [1.807, 2.05) is 0 Å². The highest BCUT2D eigenvalue weighted by molar-refractivity contribution is 6.22. The molecule has 0 saturated heterocycles. The third-order valence-corrected chi connectivity index (χ3v) is 4.82. The zero-order chi connectivity index (χ0) is 14.7. The Bertz CT molecular complexity index is 569. The van der Waals surface area contributed by atoms with E-state index < -0.39 is 0 Å². The van der Waals surface area contributed by atoms with Crippen molar-refractivity contribution in [1.29, 1.82) is 0 Å². The number of benzene rings is 2. The SMILES string of the molecule is CCC(C)c1ccc(C(Cl)c2cccc(C)c2C)cc1. The molecule has 0 nitrogen and oxygen atoms in total. The van der Waals surface area contributed by atoms with E-state index in [0.717, 1.165) is 0 Å². The fourth-order valence-electron chi connectivity index (χ4n) is 2.46. The van der Waals surface area contributed by atoms with Gasteiger partial charge in [0.1, 0.15) is 0 Å². The highest BCUT2D eigenvalue weighted by atomic mass is 35.5. The topological polar surface area (TPSA) is 0 Å². The molecule has 1 heteroatoms. The van der Waals surface area contributed by atoms with Crippen LogP contribution in [0, 0.1) is 13.8 Å². The van der Waals surface area contributed by atoms with Crippen molar-refractivity contribution in [2.45, 2.75) is 45.4 Å². The van der Waals surface area contributed by atoms with Crippen molar-refractivity contribution in [1.82, 2.24) is 0 Å². The molecule has 0 spiro atoms. The van der Waals surface area contributed by atoms with Crippen molar-refractivity contribution < 1.29 is 0 Å². The normalized spacial score (nSPS) is 14.1. The first-order valence-electron chi connectivity index (χ1n) is 7.34. The van der Waals surface area contributed by atoms with Gasteiger partial charge in [0.2, 0.25) is 0 Å². The first kappa shape index (κ1) is 15.1. The minimum absolute atomic E-state index is 0.0686. The molecule has 0 aliphatic heterocycles. The monoisotopic (exact) mass is 286 g/mol. The summed E-state index contributed by atoms with van der Waals surface area (Å²) in [6, 6.07) is 15.1. The largest absolute Gasteiger partial charge is 0.113 e. The fourth-order valence-corrected chi connectivity index (χ4v) is 2.84. The van der Waals surface area contributed by atoms with Gasteiger partial charge < -0.3 is 0 Å². The van der Waals surface area contributed by atoms with E-state index in [2.05, 4.69) is 70.2 Å². The summed E-state index contributed by atoms with van der Waals surface area (Å²) in [6.45, 7) is 8.76.